The first kappa shape index (κ1) is 17.5. The molecule has 3 N–H and O–H groups in total. The molecule has 1 amide bonds. The van der Waals surface area contributed by atoms with Gasteiger partial charge in [-0.05, 0) is 37.3 Å². The molecule has 0 unspecified atom stereocenters. The minimum absolute atomic E-state index is 0.181. The maximum absolute atomic E-state index is 11.9. The van der Waals surface area contributed by atoms with Crippen molar-refractivity contribution in [2.45, 2.75) is 6.92 Å². The molecule has 0 fully saturated rings. The summed E-state index contributed by atoms with van der Waals surface area (Å²) in [5.74, 6) is -1.44. The summed E-state index contributed by atoms with van der Waals surface area (Å²) in [7, 11) is 0. The highest BCUT2D eigenvalue weighted by molar-refractivity contribution is 6.33. The molecule has 0 aromatic heterocycles. The fraction of sp³-hybridized carbons (Fsp3) is 0.118. The smallest absolute Gasteiger partial charge is 0.338 e. The topological polar surface area (TPSA) is 98.5 Å². The third-order valence-corrected chi connectivity index (χ3v) is 3.49. The number of para-hydroxylation sites is 1. The number of esters is 1. The average Bonchev–Trinajstić information content (AvgIpc) is 2.55. The first-order valence-electron chi connectivity index (χ1n) is 7.00. The van der Waals surface area contributed by atoms with Crippen LogP contribution < -0.4 is 11.1 Å². The van der Waals surface area contributed by atoms with Crippen molar-refractivity contribution in [2.24, 2.45) is 0 Å². The normalized spacial score (nSPS) is 10.1. The predicted octanol–water partition coefficient (Wildman–Crippen LogP) is 2.92. The van der Waals surface area contributed by atoms with Crippen molar-refractivity contribution < 1.29 is 19.1 Å². The number of ether oxygens (including phenoxy) is 1. The number of Topliss-reactive ketones (excluding diaryl/α,β-unsaturated/α-hetero) is 1. The molecule has 0 saturated carbocycles. The quantitative estimate of drug-likeness (QED) is 0.492. The van der Waals surface area contributed by atoms with Gasteiger partial charge in [0.1, 0.15) is 0 Å². The minimum atomic E-state index is -0.701. The largest absolute Gasteiger partial charge is 0.452 e. The van der Waals surface area contributed by atoms with Crippen LogP contribution in [0, 0.1) is 0 Å². The van der Waals surface area contributed by atoms with E-state index >= 15 is 0 Å². The number of rotatable bonds is 5. The molecule has 0 heterocycles. The lowest BCUT2D eigenvalue weighted by Gasteiger charge is -2.09. The van der Waals surface area contributed by atoms with Crippen molar-refractivity contribution in [3.05, 3.63) is 58.6 Å². The number of anilines is 2. The number of carbonyl (C=O) groups excluding carboxylic acids is 3. The number of benzene rings is 2. The second-order valence-corrected chi connectivity index (χ2v) is 5.37. The summed E-state index contributed by atoms with van der Waals surface area (Å²) < 4.78 is 4.92. The van der Waals surface area contributed by atoms with Crippen molar-refractivity contribution in [2.75, 3.05) is 17.7 Å². The monoisotopic (exact) mass is 346 g/mol. The Kier molecular flexibility index (Phi) is 5.55. The summed E-state index contributed by atoms with van der Waals surface area (Å²) in [6.45, 7) is 0.906. The summed E-state index contributed by atoms with van der Waals surface area (Å²) >= 11 is 5.77. The van der Waals surface area contributed by atoms with Gasteiger partial charge < -0.3 is 15.8 Å². The lowest BCUT2D eigenvalue weighted by Crippen LogP contribution is -2.22. The standard InChI is InChI=1S/C17H15ClN2O4/c1-10(21)12-4-2-3-5-15(12)20-16(22)9-24-17(23)11-6-7-13(18)14(19)8-11/h2-8H,9,19H2,1H3,(H,20,22). The van der Waals surface area contributed by atoms with Gasteiger partial charge in [0.2, 0.25) is 0 Å². The predicted molar refractivity (Wildman–Crippen MR) is 91.2 cm³/mol. The van der Waals surface area contributed by atoms with Gasteiger partial charge in [-0.1, -0.05) is 23.7 Å². The summed E-state index contributed by atoms with van der Waals surface area (Å²) in [5.41, 5.74) is 6.78. The van der Waals surface area contributed by atoms with E-state index in [2.05, 4.69) is 5.32 Å². The molecule has 24 heavy (non-hydrogen) atoms. The van der Waals surface area contributed by atoms with E-state index in [1.54, 1.807) is 24.3 Å². The van der Waals surface area contributed by atoms with E-state index in [4.69, 9.17) is 22.1 Å². The van der Waals surface area contributed by atoms with Crippen LogP contribution in [0.2, 0.25) is 5.02 Å². The molecule has 0 saturated heterocycles. The van der Waals surface area contributed by atoms with Crippen LogP contribution in [-0.4, -0.2) is 24.3 Å². The lowest BCUT2D eigenvalue weighted by atomic mass is 10.1. The van der Waals surface area contributed by atoms with Crippen LogP contribution in [0.15, 0.2) is 42.5 Å². The maximum atomic E-state index is 11.9. The van der Waals surface area contributed by atoms with Crippen LogP contribution in [0.1, 0.15) is 27.6 Å². The van der Waals surface area contributed by atoms with Gasteiger partial charge in [0.05, 0.1) is 22.0 Å². The van der Waals surface area contributed by atoms with E-state index < -0.39 is 18.5 Å². The molecule has 6 nitrogen and oxygen atoms in total. The van der Waals surface area contributed by atoms with Gasteiger partial charge in [-0.15, -0.1) is 0 Å². The Morgan fingerprint density at radius 1 is 1.17 bits per heavy atom. The fourth-order valence-electron chi connectivity index (χ4n) is 1.97. The van der Waals surface area contributed by atoms with Crippen molar-refractivity contribution in [1.82, 2.24) is 0 Å². The number of hydrogen-bond acceptors (Lipinski definition) is 5. The van der Waals surface area contributed by atoms with E-state index in [-0.39, 0.29) is 17.0 Å². The van der Waals surface area contributed by atoms with Crippen LogP contribution in [-0.2, 0) is 9.53 Å². The Labute approximate surface area is 143 Å². The van der Waals surface area contributed by atoms with Crippen molar-refractivity contribution >= 4 is 40.6 Å². The van der Waals surface area contributed by atoms with Gasteiger partial charge in [-0.25, -0.2) is 4.79 Å². The highest BCUT2D eigenvalue weighted by Crippen LogP contribution is 2.20. The fourth-order valence-corrected chi connectivity index (χ4v) is 2.09. The van der Waals surface area contributed by atoms with Crippen molar-refractivity contribution in [3.8, 4) is 0 Å². The summed E-state index contributed by atoms with van der Waals surface area (Å²) in [6.07, 6.45) is 0. The number of hydrogen-bond donors (Lipinski definition) is 2. The Bertz CT molecular complexity index is 805. The third kappa shape index (κ3) is 4.33. The van der Waals surface area contributed by atoms with E-state index in [0.29, 0.717) is 16.3 Å². The highest BCUT2D eigenvalue weighted by atomic mass is 35.5. The molecule has 0 bridgehead atoms. The van der Waals surface area contributed by atoms with E-state index in [1.807, 2.05) is 0 Å². The number of nitrogen functional groups attached to an aromatic ring is 1. The molecule has 0 spiro atoms. The highest BCUT2D eigenvalue weighted by Gasteiger charge is 2.13. The minimum Gasteiger partial charge on any atom is -0.452 e. The summed E-state index contributed by atoms with van der Waals surface area (Å²) in [4.78, 5) is 35.3. The second kappa shape index (κ2) is 7.61. The molecule has 0 aliphatic rings. The van der Waals surface area contributed by atoms with E-state index in [0.717, 1.165) is 0 Å². The first-order valence-corrected chi connectivity index (χ1v) is 7.38. The van der Waals surface area contributed by atoms with Gasteiger partial charge in [0.15, 0.2) is 12.4 Å². The molecule has 124 valence electrons. The summed E-state index contributed by atoms with van der Waals surface area (Å²) in [5, 5.41) is 2.86. The Hall–Kier alpha value is -2.86. The number of halogens is 1. The van der Waals surface area contributed by atoms with E-state index in [1.165, 1.54) is 25.1 Å². The lowest BCUT2D eigenvalue weighted by molar-refractivity contribution is -0.119. The molecule has 0 aliphatic heterocycles. The number of nitrogens with two attached hydrogens (primary N) is 1. The molecule has 2 rings (SSSR count). The molecule has 0 aliphatic carbocycles. The Morgan fingerprint density at radius 2 is 1.88 bits per heavy atom. The van der Waals surface area contributed by atoms with Gasteiger partial charge in [-0.2, -0.15) is 0 Å². The number of carbonyl (C=O) groups is 3. The van der Waals surface area contributed by atoms with Gasteiger partial charge >= 0.3 is 5.97 Å². The zero-order valence-electron chi connectivity index (χ0n) is 12.8. The van der Waals surface area contributed by atoms with Crippen LogP contribution in [0.3, 0.4) is 0 Å². The van der Waals surface area contributed by atoms with Crippen LogP contribution in [0.4, 0.5) is 11.4 Å². The molecular weight excluding hydrogens is 332 g/mol. The molecule has 0 atom stereocenters. The molecule has 2 aromatic rings. The average molecular weight is 347 g/mol. The molecule has 7 heteroatoms. The van der Waals surface area contributed by atoms with E-state index in [9.17, 15) is 14.4 Å². The SMILES string of the molecule is CC(=O)c1ccccc1NC(=O)COC(=O)c1ccc(Cl)c(N)c1. The van der Waals surface area contributed by atoms with Crippen LogP contribution in [0.5, 0.6) is 0 Å². The van der Waals surface area contributed by atoms with Gasteiger partial charge in [-0.3, -0.25) is 9.59 Å². The molecular formula is C17H15ClN2O4. The van der Waals surface area contributed by atoms with Crippen molar-refractivity contribution in [3.63, 3.8) is 0 Å². The van der Waals surface area contributed by atoms with Gasteiger partial charge in [0, 0.05) is 5.56 Å². The van der Waals surface area contributed by atoms with Crippen LogP contribution >= 0.6 is 11.6 Å². The second-order valence-electron chi connectivity index (χ2n) is 4.96. The number of nitrogens with one attached hydrogen (secondary N) is 1. The third-order valence-electron chi connectivity index (χ3n) is 3.15. The Balaban J connectivity index is 1.97. The zero-order valence-corrected chi connectivity index (χ0v) is 13.6. The molecule has 2 aromatic carbocycles. The number of ketones is 1. The van der Waals surface area contributed by atoms with Gasteiger partial charge in [0.25, 0.3) is 5.91 Å². The zero-order chi connectivity index (χ0) is 17.7. The first-order chi connectivity index (χ1) is 11.4. The number of amides is 1. The maximum Gasteiger partial charge on any atom is 0.338 e. The van der Waals surface area contributed by atoms with Crippen LogP contribution in [0.25, 0.3) is 0 Å². The van der Waals surface area contributed by atoms with Crippen molar-refractivity contribution in [1.29, 1.82) is 0 Å². The summed E-state index contributed by atoms with van der Waals surface area (Å²) in [6, 6.07) is 10.9. The Morgan fingerprint density at radius 3 is 2.54 bits per heavy atom. The molecule has 0 radical (unpaired) electrons.